The van der Waals surface area contributed by atoms with E-state index >= 15 is 0 Å². The molecule has 0 heterocycles. The molecule has 0 aromatic heterocycles. The average Bonchev–Trinajstić information content (AvgIpc) is 2.38. The van der Waals surface area contributed by atoms with E-state index < -0.39 is 0 Å². The lowest BCUT2D eigenvalue weighted by molar-refractivity contribution is 0.347. The number of rotatable bonds is 14. The number of nitrogens with one attached hydrogen (secondary N) is 1. The first-order valence-electron chi connectivity index (χ1n) is 8.87. The van der Waals surface area contributed by atoms with E-state index in [9.17, 15) is 0 Å². The van der Waals surface area contributed by atoms with Crippen LogP contribution in [0.15, 0.2) is 0 Å². The first-order chi connectivity index (χ1) is 9.12. The van der Waals surface area contributed by atoms with Crippen LogP contribution in [0.4, 0.5) is 0 Å². The molecule has 0 aliphatic carbocycles. The van der Waals surface area contributed by atoms with Gasteiger partial charge in [0.15, 0.2) is 0 Å². The molecule has 1 heteroatoms. The molecular formula is C18H39N. The normalized spacial score (nSPS) is 12.0. The molecule has 0 spiro atoms. The molecule has 0 rings (SSSR count). The zero-order valence-electron chi connectivity index (χ0n) is 14.2. The Hall–Kier alpha value is -0.0400. The predicted octanol–water partition coefficient (Wildman–Crippen LogP) is 6.08. The van der Waals surface area contributed by atoms with Crippen molar-refractivity contribution in [2.75, 3.05) is 6.54 Å². The highest BCUT2D eigenvalue weighted by molar-refractivity contribution is 4.76. The SMILES string of the molecule is CCCCCCCCCCCCC(C)(C)NCCC. The summed E-state index contributed by atoms with van der Waals surface area (Å²) in [4.78, 5) is 0. The molecule has 0 radical (unpaired) electrons. The third-order valence-corrected chi connectivity index (χ3v) is 4.01. The van der Waals surface area contributed by atoms with Gasteiger partial charge in [-0.2, -0.15) is 0 Å². The van der Waals surface area contributed by atoms with Crippen molar-refractivity contribution >= 4 is 0 Å². The minimum absolute atomic E-state index is 0.343. The fourth-order valence-electron chi connectivity index (χ4n) is 2.61. The summed E-state index contributed by atoms with van der Waals surface area (Å²) in [5.74, 6) is 0. The quantitative estimate of drug-likeness (QED) is 0.377. The molecule has 0 fully saturated rings. The van der Waals surface area contributed by atoms with Crippen molar-refractivity contribution in [2.24, 2.45) is 0 Å². The van der Waals surface area contributed by atoms with Gasteiger partial charge in [-0.15, -0.1) is 0 Å². The molecule has 0 saturated heterocycles. The Morgan fingerprint density at radius 1 is 0.632 bits per heavy atom. The highest BCUT2D eigenvalue weighted by Gasteiger charge is 2.14. The van der Waals surface area contributed by atoms with Gasteiger partial charge in [0.25, 0.3) is 0 Å². The van der Waals surface area contributed by atoms with Gasteiger partial charge in [-0.25, -0.2) is 0 Å². The topological polar surface area (TPSA) is 12.0 Å². The Labute approximate surface area is 122 Å². The highest BCUT2D eigenvalue weighted by Crippen LogP contribution is 2.16. The number of hydrogen-bond donors (Lipinski definition) is 1. The Kier molecular flexibility index (Phi) is 12.9. The highest BCUT2D eigenvalue weighted by atomic mass is 14.9. The molecule has 0 aliphatic heterocycles. The van der Waals surface area contributed by atoms with Crippen LogP contribution in [0.25, 0.3) is 0 Å². The minimum Gasteiger partial charge on any atom is -0.312 e. The molecule has 1 N–H and O–H groups in total. The summed E-state index contributed by atoms with van der Waals surface area (Å²) in [5, 5.41) is 3.64. The van der Waals surface area contributed by atoms with E-state index in [0.717, 1.165) is 6.54 Å². The number of unbranched alkanes of at least 4 members (excludes halogenated alkanes) is 9. The van der Waals surface area contributed by atoms with Crippen LogP contribution in [0.5, 0.6) is 0 Å². The van der Waals surface area contributed by atoms with Crippen molar-refractivity contribution in [3.63, 3.8) is 0 Å². The zero-order chi connectivity index (χ0) is 14.4. The molecule has 0 unspecified atom stereocenters. The summed E-state index contributed by atoms with van der Waals surface area (Å²) in [6, 6.07) is 0. The summed E-state index contributed by atoms with van der Waals surface area (Å²) < 4.78 is 0. The third-order valence-electron chi connectivity index (χ3n) is 4.01. The van der Waals surface area contributed by atoms with Gasteiger partial charge < -0.3 is 5.32 Å². The Balaban J connectivity index is 3.21. The molecule has 0 atom stereocenters. The van der Waals surface area contributed by atoms with Crippen LogP contribution >= 0.6 is 0 Å². The van der Waals surface area contributed by atoms with Gasteiger partial charge in [0, 0.05) is 5.54 Å². The summed E-state index contributed by atoms with van der Waals surface area (Å²) in [6.07, 6.45) is 16.9. The van der Waals surface area contributed by atoms with Crippen molar-refractivity contribution in [1.82, 2.24) is 5.32 Å². The van der Waals surface area contributed by atoms with Gasteiger partial charge in [-0.05, 0) is 33.2 Å². The van der Waals surface area contributed by atoms with Gasteiger partial charge in [0.2, 0.25) is 0 Å². The van der Waals surface area contributed by atoms with Crippen LogP contribution in [-0.4, -0.2) is 12.1 Å². The van der Waals surface area contributed by atoms with Gasteiger partial charge in [-0.3, -0.25) is 0 Å². The minimum atomic E-state index is 0.343. The molecule has 0 aliphatic rings. The second kappa shape index (κ2) is 13.0. The maximum atomic E-state index is 3.64. The molecule has 0 aromatic carbocycles. The van der Waals surface area contributed by atoms with Crippen molar-refractivity contribution in [3.8, 4) is 0 Å². The Morgan fingerprint density at radius 2 is 1.11 bits per heavy atom. The maximum absolute atomic E-state index is 3.64. The first-order valence-corrected chi connectivity index (χ1v) is 8.87. The molecule has 1 nitrogen and oxygen atoms in total. The van der Waals surface area contributed by atoms with E-state index in [1.807, 2.05) is 0 Å². The summed E-state index contributed by atoms with van der Waals surface area (Å²) in [5.41, 5.74) is 0.343. The largest absolute Gasteiger partial charge is 0.312 e. The molecule has 0 saturated carbocycles. The molecule has 0 amide bonds. The van der Waals surface area contributed by atoms with Crippen LogP contribution in [-0.2, 0) is 0 Å². The van der Waals surface area contributed by atoms with Gasteiger partial charge >= 0.3 is 0 Å². The van der Waals surface area contributed by atoms with Crippen molar-refractivity contribution < 1.29 is 0 Å². The Bertz CT molecular complexity index is 175. The fourth-order valence-corrected chi connectivity index (χ4v) is 2.61. The summed E-state index contributed by atoms with van der Waals surface area (Å²) >= 11 is 0. The van der Waals surface area contributed by atoms with Crippen molar-refractivity contribution in [2.45, 2.75) is 110 Å². The van der Waals surface area contributed by atoms with E-state index in [-0.39, 0.29) is 0 Å². The van der Waals surface area contributed by atoms with E-state index in [2.05, 4.69) is 33.0 Å². The lowest BCUT2D eigenvalue weighted by Crippen LogP contribution is -2.39. The average molecular weight is 270 g/mol. The summed E-state index contributed by atoms with van der Waals surface area (Å²) in [6.45, 7) is 10.4. The van der Waals surface area contributed by atoms with E-state index in [0.29, 0.717) is 5.54 Å². The molecule has 0 bridgehead atoms. The van der Waals surface area contributed by atoms with Gasteiger partial charge in [-0.1, -0.05) is 78.1 Å². The lowest BCUT2D eigenvalue weighted by Gasteiger charge is -2.26. The fraction of sp³-hybridized carbons (Fsp3) is 1.00. The maximum Gasteiger partial charge on any atom is 0.0125 e. The van der Waals surface area contributed by atoms with E-state index in [4.69, 9.17) is 0 Å². The lowest BCUT2D eigenvalue weighted by atomic mass is 9.95. The van der Waals surface area contributed by atoms with E-state index in [1.54, 1.807) is 0 Å². The van der Waals surface area contributed by atoms with Crippen molar-refractivity contribution in [1.29, 1.82) is 0 Å². The molecule has 0 aromatic rings. The van der Waals surface area contributed by atoms with E-state index in [1.165, 1.54) is 77.0 Å². The van der Waals surface area contributed by atoms with Gasteiger partial charge in [0.05, 0.1) is 0 Å². The standard InChI is InChI=1S/C18H39N/c1-5-7-8-9-10-11-12-13-14-15-16-18(3,4)19-17-6-2/h19H,5-17H2,1-4H3. The monoisotopic (exact) mass is 269 g/mol. The third kappa shape index (κ3) is 14.2. The molecule has 19 heavy (non-hydrogen) atoms. The van der Waals surface area contributed by atoms with Crippen LogP contribution in [0.2, 0.25) is 0 Å². The number of hydrogen-bond acceptors (Lipinski definition) is 1. The molecular weight excluding hydrogens is 230 g/mol. The van der Waals surface area contributed by atoms with Crippen LogP contribution in [0, 0.1) is 0 Å². The summed E-state index contributed by atoms with van der Waals surface area (Å²) in [7, 11) is 0. The van der Waals surface area contributed by atoms with Gasteiger partial charge in [0.1, 0.15) is 0 Å². The molecule has 116 valence electrons. The van der Waals surface area contributed by atoms with Crippen LogP contribution in [0.3, 0.4) is 0 Å². The van der Waals surface area contributed by atoms with Crippen LogP contribution in [0.1, 0.15) is 105 Å². The Morgan fingerprint density at radius 3 is 1.58 bits per heavy atom. The zero-order valence-corrected chi connectivity index (χ0v) is 14.2. The second-order valence-electron chi connectivity index (χ2n) is 6.74. The first kappa shape index (κ1) is 19.0. The smallest absolute Gasteiger partial charge is 0.0125 e. The second-order valence-corrected chi connectivity index (χ2v) is 6.74. The van der Waals surface area contributed by atoms with Crippen molar-refractivity contribution in [3.05, 3.63) is 0 Å². The predicted molar refractivity (Wildman–Crippen MR) is 88.8 cm³/mol. The van der Waals surface area contributed by atoms with Crippen LogP contribution < -0.4 is 5.32 Å².